The summed E-state index contributed by atoms with van der Waals surface area (Å²) in [7, 11) is 5.63. The maximum atomic E-state index is 13.4. The van der Waals surface area contributed by atoms with E-state index in [0.717, 1.165) is 31.4 Å². The summed E-state index contributed by atoms with van der Waals surface area (Å²) in [6.45, 7) is 4.61. The number of carbonyl (C=O) groups is 2. The average Bonchev–Trinajstić information content (AvgIpc) is 2.80. The Labute approximate surface area is 197 Å². The summed E-state index contributed by atoms with van der Waals surface area (Å²) < 4.78 is 6.51. The zero-order chi connectivity index (χ0) is 24.1. The standard InChI is InChI=1S/C25H40N4O4/c1-17-14-29(18(2)16-30)24(31)20-12-9-13-21(27(3)4)23(20)33-22(17)15-28(5)25(32)26-19-10-7-6-8-11-19/h9,12-13,17-19,22,30H,6-8,10-11,14-16H2,1-5H3,(H,26,32)/t17-,18+,22-/m1/s1. The largest absolute Gasteiger partial charge is 0.485 e. The number of benzene rings is 1. The highest BCUT2D eigenvalue weighted by Gasteiger charge is 2.35. The molecule has 0 saturated heterocycles. The molecule has 3 rings (SSSR count). The van der Waals surface area contributed by atoms with Crippen molar-refractivity contribution in [1.29, 1.82) is 0 Å². The number of ether oxygens (including phenoxy) is 1. The van der Waals surface area contributed by atoms with Crippen LogP contribution in [-0.2, 0) is 0 Å². The van der Waals surface area contributed by atoms with E-state index in [0.29, 0.717) is 24.4 Å². The van der Waals surface area contributed by atoms with Crippen molar-refractivity contribution in [2.24, 2.45) is 5.92 Å². The Morgan fingerprint density at radius 1 is 1.24 bits per heavy atom. The summed E-state index contributed by atoms with van der Waals surface area (Å²) in [5.74, 6) is 0.334. The summed E-state index contributed by atoms with van der Waals surface area (Å²) in [5, 5.41) is 13.0. The number of nitrogens with one attached hydrogen (secondary N) is 1. The Kier molecular flexibility index (Phi) is 8.46. The Hall–Kier alpha value is -2.48. The van der Waals surface area contributed by atoms with Gasteiger partial charge in [0, 0.05) is 39.6 Å². The average molecular weight is 461 g/mol. The van der Waals surface area contributed by atoms with Crippen LogP contribution >= 0.6 is 0 Å². The van der Waals surface area contributed by atoms with Crippen LogP contribution in [0.25, 0.3) is 0 Å². The maximum absolute atomic E-state index is 13.4. The highest BCUT2D eigenvalue weighted by atomic mass is 16.5. The van der Waals surface area contributed by atoms with E-state index in [1.807, 2.05) is 45.0 Å². The molecule has 1 heterocycles. The Morgan fingerprint density at radius 3 is 2.58 bits per heavy atom. The summed E-state index contributed by atoms with van der Waals surface area (Å²) in [6, 6.07) is 5.38. The Bertz CT molecular complexity index is 825. The van der Waals surface area contributed by atoms with E-state index >= 15 is 0 Å². The molecule has 1 aliphatic carbocycles. The van der Waals surface area contributed by atoms with Crippen LogP contribution in [0.3, 0.4) is 0 Å². The van der Waals surface area contributed by atoms with Crippen LogP contribution in [0.1, 0.15) is 56.3 Å². The summed E-state index contributed by atoms with van der Waals surface area (Å²) in [6.07, 6.45) is 5.32. The van der Waals surface area contributed by atoms with Crippen LogP contribution in [0.15, 0.2) is 18.2 Å². The number of hydrogen-bond acceptors (Lipinski definition) is 5. The van der Waals surface area contributed by atoms with Gasteiger partial charge in [-0.15, -0.1) is 0 Å². The fraction of sp³-hybridized carbons (Fsp3) is 0.680. The van der Waals surface area contributed by atoms with Gasteiger partial charge in [-0.05, 0) is 31.9 Å². The molecule has 0 bridgehead atoms. The number of anilines is 1. The molecule has 0 unspecified atom stereocenters. The number of rotatable bonds is 6. The van der Waals surface area contributed by atoms with Gasteiger partial charge in [-0.1, -0.05) is 32.3 Å². The maximum Gasteiger partial charge on any atom is 0.317 e. The molecule has 1 fully saturated rings. The molecule has 33 heavy (non-hydrogen) atoms. The third kappa shape index (κ3) is 5.91. The molecule has 0 spiro atoms. The number of urea groups is 1. The molecule has 1 aromatic carbocycles. The number of para-hydroxylation sites is 1. The van der Waals surface area contributed by atoms with Crippen LogP contribution in [0, 0.1) is 5.92 Å². The Balaban J connectivity index is 1.86. The second-order valence-corrected chi connectivity index (χ2v) is 9.84. The fourth-order valence-electron chi connectivity index (χ4n) is 4.68. The normalized spacial score (nSPS) is 22.5. The zero-order valence-electron chi connectivity index (χ0n) is 20.7. The zero-order valence-corrected chi connectivity index (χ0v) is 20.7. The van der Waals surface area contributed by atoms with Gasteiger partial charge in [0.05, 0.1) is 30.4 Å². The molecule has 1 aliphatic heterocycles. The number of aliphatic hydroxyl groups is 1. The summed E-state index contributed by atoms with van der Waals surface area (Å²) in [4.78, 5) is 31.6. The molecule has 8 nitrogen and oxygen atoms in total. The predicted octanol–water partition coefficient (Wildman–Crippen LogP) is 2.95. The topological polar surface area (TPSA) is 85.4 Å². The lowest BCUT2D eigenvalue weighted by Gasteiger charge is -2.39. The number of fused-ring (bicyclic) bond motifs is 1. The molecule has 3 amide bonds. The number of hydrogen-bond donors (Lipinski definition) is 2. The van der Waals surface area contributed by atoms with Crippen LogP contribution in [0.2, 0.25) is 0 Å². The quantitative estimate of drug-likeness (QED) is 0.682. The van der Waals surface area contributed by atoms with E-state index in [1.165, 1.54) is 6.42 Å². The van der Waals surface area contributed by atoms with Gasteiger partial charge in [0.15, 0.2) is 5.75 Å². The van der Waals surface area contributed by atoms with Crippen LogP contribution in [-0.4, -0.2) is 85.9 Å². The van der Waals surface area contributed by atoms with Gasteiger partial charge in [-0.3, -0.25) is 4.79 Å². The van der Waals surface area contributed by atoms with Gasteiger partial charge in [-0.2, -0.15) is 0 Å². The first-order valence-electron chi connectivity index (χ1n) is 12.1. The molecular weight excluding hydrogens is 420 g/mol. The SMILES string of the molecule is C[C@@H]1CN([C@@H](C)CO)C(=O)c2cccc(N(C)C)c2O[C@@H]1CN(C)C(=O)NC1CCCCC1. The van der Waals surface area contributed by atoms with Gasteiger partial charge in [0.25, 0.3) is 5.91 Å². The Morgan fingerprint density at radius 2 is 1.94 bits per heavy atom. The molecule has 1 aromatic rings. The van der Waals surface area contributed by atoms with Crippen molar-refractivity contribution in [3.8, 4) is 5.75 Å². The molecule has 184 valence electrons. The molecule has 2 aliphatic rings. The number of amides is 3. The second kappa shape index (κ2) is 11.1. The van der Waals surface area contributed by atoms with Crippen molar-refractivity contribution in [3.05, 3.63) is 23.8 Å². The van der Waals surface area contributed by atoms with Crippen molar-refractivity contribution < 1.29 is 19.4 Å². The van der Waals surface area contributed by atoms with Crippen molar-refractivity contribution in [2.45, 2.75) is 64.1 Å². The second-order valence-electron chi connectivity index (χ2n) is 9.84. The van der Waals surface area contributed by atoms with Crippen molar-refractivity contribution in [2.75, 3.05) is 45.7 Å². The molecule has 0 radical (unpaired) electrons. The lowest BCUT2D eigenvalue weighted by atomic mass is 9.96. The molecule has 1 saturated carbocycles. The predicted molar refractivity (Wildman–Crippen MR) is 130 cm³/mol. The van der Waals surface area contributed by atoms with E-state index in [4.69, 9.17) is 4.74 Å². The lowest BCUT2D eigenvalue weighted by Crippen LogP contribution is -2.52. The summed E-state index contributed by atoms with van der Waals surface area (Å²) >= 11 is 0. The van der Waals surface area contributed by atoms with Gasteiger partial charge in [-0.25, -0.2) is 4.79 Å². The monoisotopic (exact) mass is 460 g/mol. The molecule has 0 aromatic heterocycles. The molecule has 3 atom stereocenters. The van der Waals surface area contributed by atoms with Gasteiger partial charge in [0.2, 0.25) is 0 Å². The van der Waals surface area contributed by atoms with Crippen LogP contribution < -0.4 is 15.0 Å². The highest BCUT2D eigenvalue weighted by Crippen LogP contribution is 2.36. The minimum absolute atomic E-state index is 0.0451. The van der Waals surface area contributed by atoms with E-state index < -0.39 is 0 Å². The first-order chi connectivity index (χ1) is 15.7. The lowest BCUT2D eigenvalue weighted by molar-refractivity contribution is 0.0367. The highest BCUT2D eigenvalue weighted by molar-refractivity contribution is 5.99. The van der Waals surface area contributed by atoms with Crippen molar-refractivity contribution >= 4 is 17.6 Å². The van der Waals surface area contributed by atoms with E-state index in [2.05, 4.69) is 5.32 Å². The number of carbonyl (C=O) groups excluding carboxylic acids is 2. The van der Waals surface area contributed by atoms with Gasteiger partial charge < -0.3 is 29.9 Å². The van der Waals surface area contributed by atoms with Crippen LogP contribution in [0.5, 0.6) is 5.75 Å². The van der Waals surface area contributed by atoms with Gasteiger partial charge in [0.1, 0.15) is 6.10 Å². The first-order valence-corrected chi connectivity index (χ1v) is 12.1. The molecule has 8 heteroatoms. The third-order valence-corrected chi connectivity index (χ3v) is 6.89. The number of likely N-dealkylation sites (N-methyl/N-ethyl adjacent to an activating group) is 1. The fourth-order valence-corrected chi connectivity index (χ4v) is 4.68. The van der Waals surface area contributed by atoms with E-state index in [-0.39, 0.29) is 42.7 Å². The molecular formula is C25H40N4O4. The number of nitrogens with zero attached hydrogens (tertiary/aromatic N) is 3. The van der Waals surface area contributed by atoms with E-state index in [9.17, 15) is 14.7 Å². The minimum atomic E-state index is -0.318. The molecule has 2 N–H and O–H groups in total. The van der Waals surface area contributed by atoms with Crippen molar-refractivity contribution in [3.63, 3.8) is 0 Å². The van der Waals surface area contributed by atoms with Crippen molar-refractivity contribution in [1.82, 2.24) is 15.1 Å². The number of aliphatic hydroxyl groups excluding tert-OH is 1. The smallest absolute Gasteiger partial charge is 0.317 e. The van der Waals surface area contributed by atoms with E-state index in [1.54, 1.807) is 22.9 Å². The first kappa shape index (κ1) is 25.1. The van der Waals surface area contributed by atoms with Gasteiger partial charge >= 0.3 is 6.03 Å². The third-order valence-electron chi connectivity index (χ3n) is 6.89. The summed E-state index contributed by atoms with van der Waals surface area (Å²) in [5.41, 5.74) is 1.29. The minimum Gasteiger partial charge on any atom is -0.485 e. The van der Waals surface area contributed by atoms with Crippen LogP contribution in [0.4, 0.5) is 10.5 Å².